The van der Waals surface area contributed by atoms with Crippen LogP contribution in [0.5, 0.6) is 0 Å². The third-order valence-corrected chi connectivity index (χ3v) is 2.05. The SMILES string of the molecule is CC(C)(CO)C(=O)c1ccccc1. The van der Waals surface area contributed by atoms with E-state index in [2.05, 4.69) is 0 Å². The molecule has 2 heteroatoms. The van der Waals surface area contributed by atoms with E-state index in [-0.39, 0.29) is 12.4 Å². The Morgan fingerprint density at radius 2 is 1.85 bits per heavy atom. The first-order chi connectivity index (χ1) is 6.08. The van der Waals surface area contributed by atoms with Crippen LogP contribution in [-0.4, -0.2) is 17.5 Å². The van der Waals surface area contributed by atoms with Crippen LogP contribution in [-0.2, 0) is 0 Å². The molecule has 0 fully saturated rings. The van der Waals surface area contributed by atoms with Crippen LogP contribution in [0.3, 0.4) is 0 Å². The zero-order valence-corrected chi connectivity index (χ0v) is 7.95. The van der Waals surface area contributed by atoms with Gasteiger partial charge in [0.05, 0.1) is 12.0 Å². The maximum atomic E-state index is 11.7. The number of carbonyl (C=O) groups is 1. The molecule has 0 aliphatic rings. The zero-order chi connectivity index (χ0) is 9.90. The number of benzene rings is 1. The van der Waals surface area contributed by atoms with Crippen LogP contribution in [0.4, 0.5) is 0 Å². The van der Waals surface area contributed by atoms with Crippen molar-refractivity contribution in [1.82, 2.24) is 0 Å². The van der Waals surface area contributed by atoms with Crippen LogP contribution < -0.4 is 0 Å². The first-order valence-corrected chi connectivity index (χ1v) is 4.28. The molecule has 0 aliphatic carbocycles. The Hall–Kier alpha value is -1.15. The normalized spacial score (nSPS) is 11.3. The van der Waals surface area contributed by atoms with Crippen molar-refractivity contribution in [2.45, 2.75) is 13.8 Å². The average molecular weight is 178 g/mol. The Labute approximate surface area is 78.2 Å². The van der Waals surface area contributed by atoms with Gasteiger partial charge in [0, 0.05) is 5.56 Å². The van der Waals surface area contributed by atoms with E-state index < -0.39 is 5.41 Å². The highest BCUT2D eigenvalue weighted by Gasteiger charge is 2.27. The molecule has 1 aromatic rings. The van der Waals surface area contributed by atoms with Crippen LogP contribution in [0.2, 0.25) is 0 Å². The summed E-state index contributed by atoms with van der Waals surface area (Å²) in [6.45, 7) is 3.35. The van der Waals surface area contributed by atoms with Gasteiger partial charge < -0.3 is 5.11 Å². The number of Topliss-reactive ketones (excluding diaryl/α,β-unsaturated/α-hetero) is 1. The van der Waals surface area contributed by atoms with Crippen molar-refractivity contribution in [3.63, 3.8) is 0 Å². The molecule has 0 atom stereocenters. The average Bonchev–Trinajstić information content (AvgIpc) is 2.18. The topological polar surface area (TPSA) is 37.3 Å². The van der Waals surface area contributed by atoms with Crippen LogP contribution >= 0.6 is 0 Å². The van der Waals surface area contributed by atoms with Crippen molar-refractivity contribution < 1.29 is 9.90 Å². The minimum atomic E-state index is -0.679. The number of carbonyl (C=O) groups excluding carboxylic acids is 1. The van der Waals surface area contributed by atoms with E-state index in [9.17, 15) is 4.79 Å². The highest BCUT2D eigenvalue weighted by Crippen LogP contribution is 2.20. The van der Waals surface area contributed by atoms with E-state index in [0.29, 0.717) is 5.56 Å². The monoisotopic (exact) mass is 178 g/mol. The molecule has 0 amide bonds. The van der Waals surface area contributed by atoms with Gasteiger partial charge in [-0.3, -0.25) is 4.79 Å². The Balaban J connectivity index is 2.93. The molecule has 2 nitrogen and oxygen atoms in total. The minimum Gasteiger partial charge on any atom is -0.395 e. The Kier molecular flexibility index (Phi) is 2.83. The molecule has 0 bridgehead atoms. The second-order valence-corrected chi connectivity index (χ2v) is 3.74. The standard InChI is InChI=1S/C11H14O2/c1-11(2,8-12)10(13)9-6-4-3-5-7-9/h3-7,12H,8H2,1-2H3. The van der Waals surface area contributed by atoms with E-state index in [0.717, 1.165) is 0 Å². The largest absolute Gasteiger partial charge is 0.395 e. The van der Waals surface area contributed by atoms with Crippen molar-refractivity contribution in [2.24, 2.45) is 5.41 Å². The molecule has 70 valence electrons. The van der Waals surface area contributed by atoms with Gasteiger partial charge in [0.2, 0.25) is 0 Å². The summed E-state index contributed by atoms with van der Waals surface area (Å²) in [5.41, 5.74) is -0.0250. The van der Waals surface area contributed by atoms with Crippen molar-refractivity contribution in [2.75, 3.05) is 6.61 Å². The highest BCUT2D eigenvalue weighted by atomic mass is 16.3. The smallest absolute Gasteiger partial charge is 0.170 e. The molecule has 13 heavy (non-hydrogen) atoms. The van der Waals surface area contributed by atoms with E-state index in [1.807, 2.05) is 18.2 Å². The molecule has 0 aliphatic heterocycles. The summed E-state index contributed by atoms with van der Waals surface area (Å²) in [5.74, 6) is -0.0180. The molecule has 0 spiro atoms. The van der Waals surface area contributed by atoms with E-state index in [1.54, 1.807) is 26.0 Å². The second-order valence-electron chi connectivity index (χ2n) is 3.74. The molecule has 0 radical (unpaired) electrons. The number of aliphatic hydroxyl groups is 1. The van der Waals surface area contributed by atoms with Gasteiger partial charge in [-0.25, -0.2) is 0 Å². The maximum absolute atomic E-state index is 11.7. The highest BCUT2D eigenvalue weighted by molar-refractivity contribution is 6.00. The van der Waals surface area contributed by atoms with Crippen LogP contribution in [0.25, 0.3) is 0 Å². The van der Waals surface area contributed by atoms with Crippen LogP contribution in [0, 0.1) is 5.41 Å². The quantitative estimate of drug-likeness (QED) is 0.717. The lowest BCUT2D eigenvalue weighted by Crippen LogP contribution is -2.28. The summed E-state index contributed by atoms with van der Waals surface area (Å²) in [5, 5.41) is 9.00. The number of hydrogen-bond donors (Lipinski definition) is 1. The zero-order valence-electron chi connectivity index (χ0n) is 7.95. The van der Waals surface area contributed by atoms with Crippen molar-refractivity contribution in [3.05, 3.63) is 35.9 Å². The predicted octanol–water partition coefficient (Wildman–Crippen LogP) is 1.89. The van der Waals surface area contributed by atoms with Gasteiger partial charge in [0.15, 0.2) is 5.78 Å². The molecular formula is C11H14O2. The molecule has 0 saturated heterocycles. The number of ketones is 1. The predicted molar refractivity (Wildman–Crippen MR) is 51.6 cm³/mol. The van der Waals surface area contributed by atoms with Gasteiger partial charge in [-0.15, -0.1) is 0 Å². The molecule has 1 rings (SSSR count). The first kappa shape index (κ1) is 9.93. The minimum absolute atomic E-state index is 0.0180. The molecule has 0 heterocycles. The molecule has 0 unspecified atom stereocenters. The lowest BCUT2D eigenvalue weighted by Gasteiger charge is -2.19. The Bertz CT molecular complexity index is 288. The van der Waals surface area contributed by atoms with Gasteiger partial charge in [0.1, 0.15) is 0 Å². The van der Waals surface area contributed by atoms with Gasteiger partial charge in [-0.05, 0) is 0 Å². The molecule has 1 N–H and O–H groups in total. The van der Waals surface area contributed by atoms with Gasteiger partial charge in [-0.1, -0.05) is 44.2 Å². The summed E-state index contributed by atoms with van der Waals surface area (Å²) in [4.78, 5) is 11.7. The Morgan fingerprint density at radius 1 is 1.31 bits per heavy atom. The number of aliphatic hydroxyl groups excluding tert-OH is 1. The van der Waals surface area contributed by atoms with Crippen LogP contribution in [0.1, 0.15) is 24.2 Å². The lowest BCUT2D eigenvalue weighted by molar-refractivity contribution is 0.0726. The number of rotatable bonds is 3. The molecule has 0 aromatic heterocycles. The molecule has 0 saturated carbocycles. The maximum Gasteiger partial charge on any atom is 0.170 e. The summed E-state index contributed by atoms with van der Waals surface area (Å²) < 4.78 is 0. The van der Waals surface area contributed by atoms with Crippen LogP contribution in [0.15, 0.2) is 30.3 Å². The lowest BCUT2D eigenvalue weighted by atomic mass is 9.85. The van der Waals surface area contributed by atoms with Crippen molar-refractivity contribution >= 4 is 5.78 Å². The fourth-order valence-corrected chi connectivity index (χ4v) is 1.05. The molecule has 1 aromatic carbocycles. The third-order valence-electron chi connectivity index (χ3n) is 2.05. The van der Waals surface area contributed by atoms with E-state index >= 15 is 0 Å². The first-order valence-electron chi connectivity index (χ1n) is 4.28. The summed E-state index contributed by atoms with van der Waals surface area (Å²) in [6.07, 6.45) is 0. The molecular weight excluding hydrogens is 164 g/mol. The van der Waals surface area contributed by atoms with E-state index in [1.165, 1.54) is 0 Å². The third kappa shape index (κ3) is 2.16. The summed E-state index contributed by atoms with van der Waals surface area (Å²) >= 11 is 0. The van der Waals surface area contributed by atoms with Gasteiger partial charge in [0.25, 0.3) is 0 Å². The van der Waals surface area contributed by atoms with E-state index in [4.69, 9.17) is 5.11 Å². The van der Waals surface area contributed by atoms with Gasteiger partial charge in [-0.2, -0.15) is 0 Å². The summed E-state index contributed by atoms with van der Waals surface area (Å²) in [7, 11) is 0. The Morgan fingerprint density at radius 3 is 2.31 bits per heavy atom. The fourth-order valence-electron chi connectivity index (χ4n) is 1.05. The summed E-state index contributed by atoms with van der Waals surface area (Å²) in [6, 6.07) is 9.03. The van der Waals surface area contributed by atoms with Gasteiger partial charge >= 0.3 is 0 Å². The second kappa shape index (κ2) is 3.71. The van der Waals surface area contributed by atoms with Crippen molar-refractivity contribution in [3.8, 4) is 0 Å². The number of hydrogen-bond acceptors (Lipinski definition) is 2. The van der Waals surface area contributed by atoms with Crippen molar-refractivity contribution in [1.29, 1.82) is 0 Å². The fraction of sp³-hybridized carbons (Fsp3) is 0.364.